The van der Waals surface area contributed by atoms with Crippen LogP contribution < -0.4 is 31.9 Å². The lowest BCUT2D eigenvalue weighted by atomic mass is 9.84. The molecule has 0 saturated carbocycles. The van der Waals surface area contributed by atoms with E-state index >= 15 is 9.59 Å². The molecule has 3 aliphatic rings. The van der Waals surface area contributed by atoms with Crippen molar-refractivity contribution in [2.24, 2.45) is 10.8 Å². The summed E-state index contributed by atoms with van der Waals surface area (Å²) in [7, 11) is 3.36. The molecule has 0 unspecified atom stereocenters. The highest BCUT2D eigenvalue weighted by Crippen LogP contribution is 2.34. The first-order valence-electron chi connectivity index (χ1n) is 28.6. The predicted molar refractivity (Wildman–Crippen MR) is 315 cm³/mol. The second-order valence-electron chi connectivity index (χ2n) is 24.2. The van der Waals surface area contributed by atoms with Crippen LogP contribution in [0.25, 0.3) is 0 Å². The van der Waals surface area contributed by atoms with Crippen LogP contribution >= 0.6 is 0 Å². The molecular formula is C64H89N9O7. The third kappa shape index (κ3) is 16.1. The average molecular weight is 1100 g/mol. The number of nitrogens with zero attached hydrogens (tertiary/aromatic N) is 3. The molecule has 9 atom stereocenters. The summed E-state index contributed by atoms with van der Waals surface area (Å²) in [5.74, 6) is -2.38. The normalized spacial score (nSPS) is 21.3. The van der Waals surface area contributed by atoms with Gasteiger partial charge in [-0.3, -0.25) is 33.6 Å². The standard InChI is InChI=1S/C64H89N9O7/c1-13-23-51(45-26-17-15-18-27-45)71(60(78)53-36-47-28-20-21-29-48(47)39-72(53)61(79)54(63(5,6)7)69-56(74)42(3)65-11)38-44-32-34-46(35-33-44)58(76)68-50-37-52(59(77)67-49-30-19-14-16-24-41(2)25-22-31-49)73(40-50)62(80)55(64(8,9)10)70-57(75)43(4)66-12/h14-21,24,26-29,32-35,42-43,49-55,65-66H,2,13,22-23,25,30-31,36-40H2,1,3-12H3,(H,67,77)(H,68,76)(H,69,74)(H,70,75)/b19-14-,24-16-/t42-,43-,49-,50-,51+,52-,53-,54+,55+/m0/s1. The highest BCUT2D eigenvalue weighted by molar-refractivity contribution is 5.97. The largest absolute Gasteiger partial charge is 0.351 e. The third-order valence-electron chi connectivity index (χ3n) is 15.9. The van der Waals surface area contributed by atoms with Gasteiger partial charge in [-0.1, -0.05) is 158 Å². The number of hydrogen-bond donors (Lipinski definition) is 6. The van der Waals surface area contributed by atoms with E-state index in [1.165, 1.54) is 4.90 Å². The number of benzene rings is 3. The Labute approximate surface area is 475 Å². The van der Waals surface area contributed by atoms with Gasteiger partial charge in [-0.2, -0.15) is 0 Å². The zero-order valence-electron chi connectivity index (χ0n) is 49.2. The lowest BCUT2D eigenvalue weighted by Crippen LogP contribution is -2.62. The first-order chi connectivity index (χ1) is 37.9. The summed E-state index contributed by atoms with van der Waals surface area (Å²) in [6.45, 7) is 21.4. The van der Waals surface area contributed by atoms with E-state index in [1.54, 1.807) is 45.0 Å². The van der Waals surface area contributed by atoms with Gasteiger partial charge in [-0.05, 0) is 112 Å². The molecule has 1 fully saturated rings. The Morgan fingerprint density at radius 3 is 1.89 bits per heavy atom. The van der Waals surface area contributed by atoms with Gasteiger partial charge in [0, 0.05) is 43.7 Å². The zero-order chi connectivity index (χ0) is 58.5. The van der Waals surface area contributed by atoms with Gasteiger partial charge in [0.15, 0.2) is 0 Å². The molecule has 6 rings (SSSR count). The van der Waals surface area contributed by atoms with Gasteiger partial charge in [0.05, 0.1) is 18.1 Å². The Kier molecular flexibility index (Phi) is 21.8. The number of rotatable bonds is 19. The van der Waals surface area contributed by atoms with Gasteiger partial charge in [-0.25, -0.2) is 0 Å². The smallest absolute Gasteiger partial charge is 0.251 e. The maximum atomic E-state index is 15.7. The summed E-state index contributed by atoms with van der Waals surface area (Å²) < 4.78 is 0. The van der Waals surface area contributed by atoms with Gasteiger partial charge in [0.1, 0.15) is 24.2 Å². The number of carbonyl (C=O) groups excluding carboxylic acids is 7. The Bertz CT molecular complexity index is 2730. The summed E-state index contributed by atoms with van der Waals surface area (Å²) in [6.07, 6.45) is 12.6. The molecule has 16 heteroatoms. The summed E-state index contributed by atoms with van der Waals surface area (Å²) in [5.41, 5.74) is 3.55. The molecule has 2 aliphatic heterocycles. The van der Waals surface area contributed by atoms with Crippen LogP contribution in [-0.2, 0) is 48.3 Å². The van der Waals surface area contributed by atoms with E-state index in [9.17, 15) is 24.0 Å². The zero-order valence-corrected chi connectivity index (χ0v) is 49.2. The van der Waals surface area contributed by atoms with E-state index in [-0.39, 0.29) is 74.1 Å². The van der Waals surface area contributed by atoms with Crippen LogP contribution in [0.15, 0.2) is 115 Å². The summed E-state index contributed by atoms with van der Waals surface area (Å²) in [4.78, 5) is 106. The predicted octanol–water partition coefficient (Wildman–Crippen LogP) is 7.21. The second kappa shape index (κ2) is 28.0. The van der Waals surface area contributed by atoms with E-state index < -0.39 is 64.9 Å². The monoisotopic (exact) mass is 1100 g/mol. The topological polar surface area (TPSA) is 201 Å². The molecular weight excluding hydrogens is 1010 g/mol. The molecule has 0 aromatic heterocycles. The van der Waals surface area contributed by atoms with E-state index in [0.29, 0.717) is 24.8 Å². The molecule has 2 heterocycles. The number of likely N-dealkylation sites (N-methyl/N-ethyl adjacent to an activating group) is 2. The molecule has 0 bridgehead atoms. The number of allylic oxidation sites excluding steroid dienone is 4. The number of amides is 7. The lowest BCUT2D eigenvalue weighted by Gasteiger charge is -2.44. The van der Waals surface area contributed by atoms with Gasteiger partial charge < -0.3 is 46.6 Å². The molecule has 7 amide bonds. The molecule has 0 radical (unpaired) electrons. The molecule has 6 N–H and O–H groups in total. The van der Waals surface area contributed by atoms with E-state index in [0.717, 1.165) is 47.1 Å². The van der Waals surface area contributed by atoms with E-state index in [1.807, 2.05) is 137 Å². The molecule has 3 aromatic carbocycles. The minimum Gasteiger partial charge on any atom is -0.351 e. The fourth-order valence-electron chi connectivity index (χ4n) is 10.8. The van der Waals surface area contributed by atoms with Crippen LogP contribution in [0.4, 0.5) is 0 Å². The summed E-state index contributed by atoms with van der Waals surface area (Å²) in [5, 5.41) is 18.2. The van der Waals surface area contributed by atoms with Crippen molar-refractivity contribution in [3.63, 3.8) is 0 Å². The number of likely N-dealkylation sites (tertiary alicyclic amines) is 1. The van der Waals surface area contributed by atoms with Gasteiger partial charge in [0.25, 0.3) is 5.91 Å². The van der Waals surface area contributed by atoms with Crippen LogP contribution in [0.5, 0.6) is 0 Å². The quantitative estimate of drug-likeness (QED) is 0.0718. The Morgan fingerprint density at radius 2 is 1.30 bits per heavy atom. The van der Waals surface area contributed by atoms with Crippen molar-refractivity contribution in [1.82, 2.24) is 46.6 Å². The minimum absolute atomic E-state index is 0.0401. The number of hydrogen-bond acceptors (Lipinski definition) is 9. The SMILES string of the molecule is C=C1/C=C\C=C/C[C@H](NC(=O)[C@@H]2C[C@H](NC(=O)c3ccc(CN(C(=O)[C@@H]4Cc5ccccc5CN4C(=O)[C@@H](NC(=O)[C@H](C)NC)C(C)(C)C)[C@H](CCC)c4ccccc4)cc3)CN2C(=O)[C@@H](NC(=O)[C@H](C)NC)C(C)(C)C)CCC1. The first-order valence-corrected chi connectivity index (χ1v) is 28.6. The fraction of sp³-hybridized carbons (Fsp3) is 0.516. The third-order valence-corrected chi connectivity index (χ3v) is 15.9. The van der Waals surface area contributed by atoms with Crippen LogP contribution in [-0.4, -0.2) is 125 Å². The van der Waals surface area contributed by atoms with Crippen molar-refractivity contribution in [2.75, 3.05) is 20.6 Å². The minimum atomic E-state index is -0.972. The maximum Gasteiger partial charge on any atom is 0.251 e. The molecule has 3 aromatic rings. The average Bonchev–Trinajstić information content (AvgIpc) is 3.86. The van der Waals surface area contributed by atoms with Crippen molar-refractivity contribution >= 4 is 41.4 Å². The van der Waals surface area contributed by atoms with Crippen molar-refractivity contribution < 1.29 is 33.6 Å². The Balaban J connectivity index is 1.29. The van der Waals surface area contributed by atoms with Crippen molar-refractivity contribution in [1.29, 1.82) is 0 Å². The molecule has 432 valence electrons. The number of carbonyl (C=O) groups is 7. The summed E-state index contributed by atoms with van der Waals surface area (Å²) in [6, 6.07) is 18.8. The van der Waals surface area contributed by atoms with Gasteiger partial charge >= 0.3 is 0 Å². The molecule has 16 nitrogen and oxygen atoms in total. The maximum absolute atomic E-state index is 15.7. The number of nitrogens with one attached hydrogen (secondary N) is 6. The second-order valence-corrected chi connectivity index (χ2v) is 24.2. The fourth-order valence-corrected chi connectivity index (χ4v) is 10.8. The van der Waals surface area contributed by atoms with Crippen LogP contribution in [0.2, 0.25) is 0 Å². The molecule has 80 heavy (non-hydrogen) atoms. The molecule has 1 aliphatic carbocycles. The summed E-state index contributed by atoms with van der Waals surface area (Å²) >= 11 is 0. The Morgan fingerprint density at radius 1 is 0.713 bits per heavy atom. The lowest BCUT2D eigenvalue weighted by molar-refractivity contribution is -0.152. The van der Waals surface area contributed by atoms with Crippen LogP contribution in [0, 0.1) is 10.8 Å². The van der Waals surface area contributed by atoms with Crippen LogP contribution in [0.1, 0.15) is 146 Å². The molecule has 0 spiro atoms. The number of fused-ring (bicyclic) bond motifs is 1. The van der Waals surface area contributed by atoms with Gasteiger partial charge in [0.2, 0.25) is 35.4 Å². The van der Waals surface area contributed by atoms with E-state index in [4.69, 9.17) is 0 Å². The highest BCUT2D eigenvalue weighted by atomic mass is 16.2. The Hall–Kier alpha value is -6.91. The van der Waals surface area contributed by atoms with Crippen molar-refractivity contribution in [2.45, 2.75) is 181 Å². The van der Waals surface area contributed by atoms with Crippen molar-refractivity contribution in [3.8, 4) is 0 Å². The highest BCUT2D eigenvalue weighted by Gasteiger charge is 2.47. The van der Waals surface area contributed by atoms with Gasteiger partial charge in [-0.15, -0.1) is 0 Å². The van der Waals surface area contributed by atoms with Crippen molar-refractivity contribution in [3.05, 3.63) is 143 Å². The first kappa shape index (κ1) is 62.3. The van der Waals surface area contributed by atoms with E-state index in [2.05, 4.69) is 45.4 Å². The molecule has 1 saturated heterocycles. The van der Waals surface area contributed by atoms with Crippen LogP contribution in [0.3, 0.4) is 0 Å².